The highest BCUT2D eigenvalue weighted by atomic mass is 16.6. The molecule has 0 fully saturated rings. The molecule has 0 N–H and O–H groups in total. The van der Waals surface area contributed by atoms with Gasteiger partial charge in [-0.3, -0.25) is 19.5 Å². The van der Waals surface area contributed by atoms with E-state index in [9.17, 15) is 14.4 Å². The molecule has 3 amide bonds. The summed E-state index contributed by atoms with van der Waals surface area (Å²) in [6.07, 6.45) is -0.00488. The van der Waals surface area contributed by atoms with Gasteiger partial charge in [-0.15, -0.1) is 0 Å². The third-order valence-corrected chi connectivity index (χ3v) is 6.97. The maximum atomic E-state index is 14.2. The highest BCUT2D eigenvalue weighted by Crippen LogP contribution is 2.21. The maximum absolute atomic E-state index is 14.2. The van der Waals surface area contributed by atoms with Gasteiger partial charge in [0, 0.05) is 48.1 Å². The van der Waals surface area contributed by atoms with E-state index in [4.69, 9.17) is 4.74 Å². The molecular formula is C32H42N4O4. The Labute approximate surface area is 238 Å². The summed E-state index contributed by atoms with van der Waals surface area (Å²) in [6, 6.07) is 21.9. The van der Waals surface area contributed by atoms with Crippen molar-refractivity contribution in [1.29, 1.82) is 0 Å². The van der Waals surface area contributed by atoms with Crippen molar-refractivity contribution in [1.82, 2.24) is 19.8 Å². The maximum Gasteiger partial charge on any atom is 0.410 e. The molecule has 0 bridgehead atoms. The Morgan fingerprint density at radius 1 is 0.675 bits per heavy atom. The normalized spacial score (nSPS) is 13.0. The number of nitrogens with zero attached hydrogens (tertiary/aromatic N) is 4. The molecule has 0 aliphatic heterocycles. The van der Waals surface area contributed by atoms with Gasteiger partial charge in [0.15, 0.2) is 0 Å². The Morgan fingerprint density at radius 3 is 1.82 bits per heavy atom. The van der Waals surface area contributed by atoms with Crippen LogP contribution in [0.5, 0.6) is 0 Å². The van der Waals surface area contributed by atoms with Crippen LogP contribution >= 0.6 is 0 Å². The van der Waals surface area contributed by atoms with Crippen LogP contribution in [0.2, 0.25) is 0 Å². The van der Waals surface area contributed by atoms with E-state index in [0.29, 0.717) is 6.42 Å². The lowest BCUT2D eigenvalue weighted by atomic mass is 9.98. The number of ether oxygens (including phenoxy) is 1. The first-order chi connectivity index (χ1) is 18.8. The van der Waals surface area contributed by atoms with Crippen molar-refractivity contribution in [3.63, 3.8) is 0 Å². The van der Waals surface area contributed by atoms with Gasteiger partial charge in [-0.2, -0.15) is 0 Å². The van der Waals surface area contributed by atoms with Gasteiger partial charge in [0.05, 0.1) is 0 Å². The van der Waals surface area contributed by atoms with Gasteiger partial charge in [0.2, 0.25) is 5.91 Å². The summed E-state index contributed by atoms with van der Waals surface area (Å²) in [6.45, 7) is 5.37. The number of likely N-dealkylation sites (N-methyl/N-ethyl adjacent to an activating group) is 3. The van der Waals surface area contributed by atoms with Crippen molar-refractivity contribution in [3.05, 3.63) is 83.9 Å². The highest BCUT2D eigenvalue weighted by Gasteiger charge is 2.37. The number of carbonyl (C=O) groups is 3. The molecule has 3 rings (SSSR count). The predicted octanol–water partition coefficient (Wildman–Crippen LogP) is 4.62. The van der Waals surface area contributed by atoms with E-state index in [1.807, 2.05) is 72.8 Å². The number of carbonyl (C=O) groups excluding carboxylic acids is 3. The zero-order chi connectivity index (χ0) is 29.6. The molecule has 8 heteroatoms. The molecule has 40 heavy (non-hydrogen) atoms. The third kappa shape index (κ3) is 7.82. The van der Waals surface area contributed by atoms with Crippen LogP contribution in [0, 0.1) is 0 Å². The molecule has 2 atom stereocenters. The van der Waals surface area contributed by atoms with Gasteiger partial charge in [0.25, 0.3) is 5.91 Å². The SMILES string of the molecule is CN(C(=O)OC(C)(C)C)C(Cc1ccc2ccccc2c1)C(=O)N(C)C(Cc1ccccc1)C(=O)N(C)N(C)C. The van der Waals surface area contributed by atoms with E-state index < -0.39 is 23.8 Å². The number of rotatable bonds is 9. The van der Waals surface area contributed by atoms with Crippen LogP contribution in [0.15, 0.2) is 72.8 Å². The molecule has 0 heterocycles. The summed E-state index contributed by atoms with van der Waals surface area (Å²) in [4.78, 5) is 43.9. The average molecular weight is 547 g/mol. The van der Waals surface area contributed by atoms with Crippen LogP contribution in [-0.4, -0.2) is 90.6 Å². The summed E-state index contributed by atoms with van der Waals surface area (Å²) >= 11 is 0. The van der Waals surface area contributed by atoms with Gasteiger partial charge < -0.3 is 9.64 Å². The van der Waals surface area contributed by atoms with Crippen molar-refractivity contribution in [2.45, 2.75) is 51.3 Å². The van der Waals surface area contributed by atoms with Gasteiger partial charge >= 0.3 is 6.09 Å². The molecule has 0 spiro atoms. The van der Waals surface area contributed by atoms with Crippen LogP contribution in [-0.2, 0) is 27.2 Å². The van der Waals surface area contributed by atoms with E-state index in [1.165, 1.54) is 14.8 Å². The summed E-state index contributed by atoms with van der Waals surface area (Å²) in [5.41, 5.74) is 1.10. The highest BCUT2D eigenvalue weighted by molar-refractivity contribution is 5.91. The first-order valence-corrected chi connectivity index (χ1v) is 13.5. The molecule has 2 unspecified atom stereocenters. The van der Waals surface area contributed by atoms with E-state index in [1.54, 1.807) is 61.0 Å². The predicted molar refractivity (Wildman–Crippen MR) is 159 cm³/mol. The lowest BCUT2D eigenvalue weighted by Crippen LogP contribution is -2.57. The Hall–Kier alpha value is -3.91. The Bertz CT molecular complexity index is 1320. The number of benzene rings is 3. The van der Waals surface area contributed by atoms with Crippen molar-refractivity contribution in [3.8, 4) is 0 Å². The third-order valence-electron chi connectivity index (χ3n) is 6.97. The molecule has 8 nitrogen and oxygen atoms in total. The summed E-state index contributed by atoms with van der Waals surface area (Å²) in [7, 11) is 8.44. The molecule has 0 aliphatic carbocycles. The average Bonchev–Trinajstić information content (AvgIpc) is 2.92. The molecule has 0 saturated carbocycles. The number of hydrogen-bond acceptors (Lipinski definition) is 5. The quantitative estimate of drug-likeness (QED) is 0.366. The van der Waals surface area contributed by atoms with E-state index in [2.05, 4.69) is 0 Å². The van der Waals surface area contributed by atoms with Crippen LogP contribution < -0.4 is 0 Å². The second-order valence-electron chi connectivity index (χ2n) is 11.4. The summed E-state index contributed by atoms with van der Waals surface area (Å²) in [5, 5.41) is 5.31. The minimum Gasteiger partial charge on any atom is -0.444 e. The first kappa shape index (κ1) is 30.6. The Kier molecular flexibility index (Phi) is 9.93. The zero-order valence-corrected chi connectivity index (χ0v) is 24.9. The second kappa shape index (κ2) is 13.0. The fourth-order valence-corrected chi connectivity index (χ4v) is 4.47. The molecular weight excluding hydrogens is 504 g/mol. The van der Waals surface area contributed by atoms with Gasteiger partial charge in [-0.1, -0.05) is 72.8 Å². The molecule has 0 aromatic heterocycles. The van der Waals surface area contributed by atoms with Crippen LogP contribution in [0.1, 0.15) is 31.9 Å². The minimum atomic E-state index is -0.892. The standard InChI is InChI=1S/C32H42N4O4/c1-32(2,3)40-31(39)35(7)27(22-24-18-19-25-16-12-13-17-26(25)20-24)29(37)34(6)28(30(38)36(8)33(4)5)21-23-14-10-9-11-15-23/h9-20,27-28H,21-22H2,1-8H3. The van der Waals surface area contributed by atoms with Crippen molar-refractivity contribution in [2.75, 3.05) is 35.2 Å². The van der Waals surface area contributed by atoms with E-state index in [0.717, 1.165) is 21.9 Å². The zero-order valence-electron chi connectivity index (χ0n) is 24.9. The monoisotopic (exact) mass is 546 g/mol. The largest absolute Gasteiger partial charge is 0.444 e. The number of amides is 3. The summed E-state index contributed by atoms with van der Waals surface area (Å²) < 4.78 is 5.63. The Balaban J connectivity index is 1.99. The van der Waals surface area contributed by atoms with Crippen LogP contribution in [0.25, 0.3) is 10.8 Å². The first-order valence-electron chi connectivity index (χ1n) is 13.5. The smallest absolute Gasteiger partial charge is 0.410 e. The van der Waals surface area contributed by atoms with Crippen LogP contribution in [0.3, 0.4) is 0 Å². The molecule has 0 radical (unpaired) electrons. The molecule has 3 aromatic rings. The lowest BCUT2D eigenvalue weighted by Gasteiger charge is -2.37. The second-order valence-corrected chi connectivity index (χ2v) is 11.4. The lowest BCUT2D eigenvalue weighted by molar-refractivity contribution is -0.153. The topological polar surface area (TPSA) is 73.4 Å². The molecule has 3 aromatic carbocycles. The number of fused-ring (bicyclic) bond motifs is 1. The van der Waals surface area contributed by atoms with Crippen molar-refractivity contribution < 1.29 is 19.1 Å². The number of hydrazine groups is 1. The minimum absolute atomic E-state index is 0.228. The summed E-state index contributed by atoms with van der Waals surface area (Å²) in [5.74, 6) is -0.572. The van der Waals surface area contributed by atoms with Crippen molar-refractivity contribution in [2.24, 2.45) is 0 Å². The molecule has 214 valence electrons. The number of hydrogen-bond donors (Lipinski definition) is 0. The fourth-order valence-electron chi connectivity index (χ4n) is 4.47. The molecule has 0 aliphatic rings. The van der Waals surface area contributed by atoms with Crippen molar-refractivity contribution >= 4 is 28.7 Å². The fraction of sp³-hybridized carbons (Fsp3) is 0.406. The van der Waals surface area contributed by atoms with Gasteiger partial charge in [-0.25, -0.2) is 9.80 Å². The van der Waals surface area contributed by atoms with Gasteiger partial charge in [-0.05, 0) is 42.7 Å². The Morgan fingerprint density at radius 2 is 1.23 bits per heavy atom. The van der Waals surface area contributed by atoms with E-state index >= 15 is 0 Å². The van der Waals surface area contributed by atoms with Crippen LogP contribution in [0.4, 0.5) is 4.79 Å². The molecule has 0 saturated heterocycles. The van der Waals surface area contributed by atoms with Gasteiger partial charge in [0.1, 0.15) is 17.7 Å². The van der Waals surface area contributed by atoms with E-state index in [-0.39, 0.29) is 18.2 Å².